The van der Waals surface area contributed by atoms with Crippen molar-refractivity contribution < 1.29 is 19.1 Å². The maximum Gasteiger partial charge on any atom is 0.338 e. The molecule has 1 aliphatic heterocycles. The van der Waals surface area contributed by atoms with Gasteiger partial charge in [0.2, 0.25) is 0 Å². The van der Waals surface area contributed by atoms with Gasteiger partial charge in [-0.3, -0.25) is 9.59 Å². The summed E-state index contributed by atoms with van der Waals surface area (Å²) in [6, 6.07) is 13.8. The summed E-state index contributed by atoms with van der Waals surface area (Å²) in [6.07, 6.45) is 5.68. The van der Waals surface area contributed by atoms with E-state index in [9.17, 15) is 14.4 Å². The first-order valence-electron chi connectivity index (χ1n) is 9.53. The molecule has 0 atom stereocenters. The van der Waals surface area contributed by atoms with Gasteiger partial charge in [0.15, 0.2) is 6.61 Å². The zero-order valence-electron chi connectivity index (χ0n) is 15.7. The monoisotopic (exact) mass is 380 g/mol. The minimum absolute atomic E-state index is 0.292. The Morgan fingerprint density at radius 2 is 1.57 bits per heavy atom. The van der Waals surface area contributed by atoms with Crippen LogP contribution in [0.5, 0.6) is 0 Å². The third kappa shape index (κ3) is 5.42. The quantitative estimate of drug-likeness (QED) is 0.611. The van der Waals surface area contributed by atoms with E-state index in [0.29, 0.717) is 23.1 Å². The highest BCUT2D eigenvalue weighted by Gasteiger charge is 2.12. The lowest BCUT2D eigenvalue weighted by Gasteiger charge is -2.22. The van der Waals surface area contributed by atoms with Gasteiger partial charge in [0.1, 0.15) is 6.29 Å². The Morgan fingerprint density at radius 3 is 2.18 bits per heavy atom. The van der Waals surface area contributed by atoms with Crippen LogP contribution in [0.15, 0.2) is 48.5 Å². The molecule has 0 spiro atoms. The molecule has 0 aliphatic carbocycles. The van der Waals surface area contributed by atoms with Crippen molar-refractivity contribution in [2.24, 2.45) is 0 Å². The molecule has 6 heteroatoms. The molecular formula is C22H24N2O4. The highest BCUT2D eigenvalue weighted by Crippen LogP contribution is 2.21. The summed E-state index contributed by atoms with van der Waals surface area (Å²) in [4.78, 5) is 37.0. The molecule has 1 heterocycles. The molecule has 0 radical (unpaired) electrons. The smallest absolute Gasteiger partial charge is 0.338 e. The van der Waals surface area contributed by atoms with E-state index in [4.69, 9.17) is 4.74 Å². The van der Waals surface area contributed by atoms with Gasteiger partial charge in [0.25, 0.3) is 5.91 Å². The van der Waals surface area contributed by atoms with E-state index in [1.807, 2.05) is 24.3 Å². The van der Waals surface area contributed by atoms with E-state index in [-0.39, 0.29) is 6.61 Å². The molecule has 1 aliphatic rings. The highest BCUT2D eigenvalue weighted by atomic mass is 16.5. The van der Waals surface area contributed by atoms with Gasteiger partial charge in [-0.15, -0.1) is 0 Å². The van der Waals surface area contributed by atoms with Gasteiger partial charge in [0, 0.05) is 30.0 Å². The van der Waals surface area contributed by atoms with Crippen molar-refractivity contribution in [2.45, 2.75) is 25.7 Å². The number of hydrogen-bond acceptors (Lipinski definition) is 5. The lowest BCUT2D eigenvalue weighted by atomic mass is 10.1. The minimum Gasteiger partial charge on any atom is -0.452 e. The fraction of sp³-hybridized carbons (Fsp3) is 0.318. The van der Waals surface area contributed by atoms with Crippen LogP contribution in [-0.2, 0) is 9.53 Å². The Bertz CT molecular complexity index is 807. The Kier molecular flexibility index (Phi) is 6.78. The van der Waals surface area contributed by atoms with Crippen molar-refractivity contribution in [3.05, 3.63) is 59.7 Å². The summed E-state index contributed by atoms with van der Waals surface area (Å²) in [5.41, 5.74) is 2.58. The average molecular weight is 380 g/mol. The number of hydrogen-bond donors (Lipinski definition) is 1. The molecule has 28 heavy (non-hydrogen) atoms. The third-order valence-electron chi connectivity index (χ3n) is 4.74. The summed E-state index contributed by atoms with van der Waals surface area (Å²) in [5.74, 6) is -1.01. The summed E-state index contributed by atoms with van der Waals surface area (Å²) < 4.78 is 5.02. The third-order valence-corrected chi connectivity index (χ3v) is 4.74. The fourth-order valence-corrected chi connectivity index (χ4v) is 3.19. The number of amides is 1. The zero-order valence-corrected chi connectivity index (χ0v) is 15.7. The van der Waals surface area contributed by atoms with Crippen LogP contribution < -0.4 is 10.2 Å². The van der Waals surface area contributed by atoms with Crippen LogP contribution in [0.2, 0.25) is 0 Å². The SMILES string of the molecule is O=Cc1ccc(C(=O)OCC(=O)Nc2ccc(N3CCCCCC3)cc2)cc1. The number of esters is 1. The van der Waals surface area contributed by atoms with Crippen LogP contribution in [-0.4, -0.2) is 37.9 Å². The minimum atomic E-state index is -0.607. The number of ether oxygens (including phenoxy) is 1. The van der Waals surface area contributed by atoms with Crippen LogP contribution in [0.4, 0.5) is 11.4 Å². The van der Waals surface area contributed by atoms with E-state index in [1.165, 1.54) is 49.9 Å². The van der Waals surface area contributed by atoms with Gasteiger partial charge in [-0.05, 0) is 49.2 Å². The average Bonchev–Trinajstić information content (AvgIpc) is 3.02. The molecule has 6 nitrogen and oxygen atoms in total. The van der Waals surface area contributed by atoms with Crippen molar-refractivity contribution in [1.29, 1.82) is 0 Å². The second-order valence-electron chi connectivity index (χ2n) is 6.81. The predicted molar refractivity (Wildman–Crippen MR) is 108 cm³/mol. The largest absolute Gasteiger partial charge is 0.452 e. The Hall–Kier alpha value is -3.15. The van der Waals surface area contributed by atoms with Crippen LogP contribution in [0.3, 0.4) is 0 Å². The molecule has 146 valence electrons. The summed E-state index contributed by atoms with van der Waals surface area (Å²) >= 11 is 0. The van der Waals surface area contributed by atoms with E-state index < -0.39 is 11.9 Å². The van der Waals surface area contributed by atoms with E-state index in [2.05, 4.69) is 10.2 Å². The molecule has 1 saturated heterocycles. The van der Waals surface area contributed by atoms with Crippen LogP contribution >= 0.6 is 0 Å². The first-order valence-corrected chi connectivity index (χ1v) is 9.53. The van der Waals surface area contributed by atoms with Crippen LogP contribution in [0.25, 0.3) is 0 Å². The number of nitrogens with one attached hydrogen (secondary N) is 1. The molecule has 2 aromatic carbocycles. The van der Waals surface area contributed by atoms with Crippen molar-refractivity contribution in [1.82, 2.24) is 0 Å². The molecule has 0 unspecified atom stereocenters. The first-order chi connectivity index (χ1) is 13.7. The standard InChI is InChI=1S/C22H24N2O4/c25-15-17-5-7-18(8-6-17)22(27)28-16-21(26)23-19-9-11-20(12-10-19)24-13-3-1-2-4-14-24/h5-12,15H,1-4,13-14,16H2,(H,23,26). The Morgan fingerprint density at radius 1 is 0.929 bits per heavy atom. The van der Waals surface area contributed by atoms with E-state index in [1.54, 1.807) is 0 Å². The van der Waals surface area contributed by atoms with E-state index >= 15 is 0 Å². The van der Waals surface area contributed by atoms with Gasteiger partial charge >= 0.3 is 5.97 Å². The van der Waals surface area contributed by atoms with Crippen LogP contribution in [0, 0.1) is 0 Å². The van der Waals surface area contributed by atoms with Gasteiger partial charge in [-0.2, -0.15) is 0 Å². The van der Waals surface area contributed by atoms with E-state index in [0.717, 1.165) is 18.8 Å². The van der Waals surface area contributed by atoms with Crippen molar-refractivity contribution >= 4 is 29.5 Å². The number of carbonyl (C=O) groups excluding carboxylic acids is 3. The first kappa shape index (κ1) is 19.6. The Balaban J connectivity index is 1.48. The molecule has 1 N–H and O–H groups in total. The highest BCUT2D eigenvalue weighted by molar-refractivity contribution is 5.95. The maximum atomic E-state index is 12.0. The van der Waals surface area contributed by atoms with Gasteiger partial charge in [0.05, 0.1) is 5.56 Å². The van der Waals surface area contributed by atoms with Crippen LogP contribution in [0.1, 0.15) is 46.4 Å². The predicted octanol–water partition coefficient (Wildman–Crippen LogP) is 3.68. The molecular weight excluding hydrogens is 356 g/mol. The van der Waals surface area contributed by atoms with Crippen molar-refractivity contribution in [3.8, 4) is 0 Å². The number of carbonyl (C=O) groups is 3. The lowest BCUT2D eigenvalue weighted by molar-refractivity contribution is -0.119. The molecule has 3 rings (SSSR count). The van der Waals surface area contributed by atoms with Gasteiger partial charge in [-0.1, -0.05) is 25.0 Å². The molecule has 2 aromatic rings. The lowest BCUT2D eigenvalue weighted by Crippen LogP contribution is -2.24. The molecule has 1 fully saturated rings. The maximum absolute atomic E-state index is 12.0. The zero-order chi connectivity index (χ0) is 19.8. The number of rotatable bonds is 6. The second kappa shape index (κ2) is 9.69. The molecule has 0 bridgehead atoms. The van der Waals surface area contributed by atoms with Gasteiger partial charge in [-0.25, -0.2) is 4.79 Å². The Labute approximate surface area is 164 Å². The number of benzene rings is 2. The number of aldehydes is 1. The number of anilines is 2. The summed E-state index contributed by atoms with van der Waals surface area (Å²) in [7, 11) is 0. The molecule has 0 saturated carbocycles. The summed E-state index contributed by atoms with van der Waals surface area (Å²) in [6.45, 7) is 1.76. The van der Waals surface area contributed by atoms with Crippen molar-refractivity contribution in [3.63, 3.8) is 0 Å². The fourth-order valence-electron chi connectivity index (χ4n) is 3.19. The van der Waals surface area contributed by atoms with Crippen molar-refractivity contribution in [2.75, 3.05) is 29.9 Å². The van der Waals surface area contributed by atoms with Gasteiger partial charge < -0.3 is 15.0 Å². The summed E-state index contributed by atoms with van der Waals surface area (Å²) in [5, 5.41) is 2.73. The number of nitrogens with zero attached hydrogens (tertiary/aromatic N) is 1. The topological polar surface area (TPSA) is 75.7 Å². The normalized spacial score (nSPS) is 14.1. The molecule has 0 aromatic heterocycles. The second-order valence-corrected chi connectivity index (χ2v) is 6.81. The molecule has 1 amide bonds.